The van der Waals surface area contributed by atoms with Gasteiger partial charge < -0.3 is 11.1 Å². The highest BCUT2D eigenvalue weighted by molar-refractivity contribution is 7.92. The smallest absolute Gasteiger partial charge is 0.264 e. The number of primary amides is 1. The van der Waals surface area contributed by atoms with E-state index < -0.39 is 32.8 Å². The second kappa shape index (κ2) is 8.08. The predicted octanol–water partition coefficient (Wildman–Crippen LogP) is 3.61. The lowest BCUT2D eigenvalue weighted by Crippen LogP contribution is -2.44. The number of carbonyl (C=O) groups excluding carboxylic acids is 2. The summed E-state index contributed by atoms with van der Waals surface area (Å²) in [6.07, 6.45) is 0.223. The van der Waals surface area contributed by atoms with Gasteiger partial charge in [-0.05, 0) is 30.2 Å². The second-order valence-electron chi connectivity index (χ2n) is 9.43. The quantitative estimate of drug-likeness (QED) is 0.685. The van der Waals surface area contributed by atoms with Crippen LogP contribution in [0, 0.1) is 10.8 Å². The Bertz CT molecular complexity index is 1190. The number of fused-ring (bicyclic) bond motifs is 2. The molecule has 0 saturated carbocycles. The van der Waals surface area contributed by atoms with Crippen molar-refractivity contribution in [3.63, 3.8) is 0 Å². The largest absolute Gasteiger partial charge is 0.369 e. The molecule has 0 bridgehead atoms. The van der Waals surface area contributed by atoms with Crippen LogP contribution in [-0.2, 0) is 19.6 Å². The van der Waals surface area contributed by atoms with E-state index in [2.05, 4.69) is 5.32 Å². The standard InChI is InChI=1S/C23H28ClN3O4S/c1-22(2,20(25)28)13-23(3,4)21(29)26-19-15-8-6-7-9-17(15)27(5)32(30,31)18-12-14(24)10-11-16(18)19/h6-12,19H,13H2,1-5H3,(H2,25,28)(H,26,29). The summed E-state index contributed by atoms with van der Waals surface area (Å²) in [4.78, 5) is 25.3. The zero-order valence-electron chi connectivity index (χ0n) is 18.8. The topological polar surface area (TPSA) is 110 Å². The summed E-state index contributed by atoms with van der Waals surface area (Å²) in [5, 5.41) is 3.30. The molecule has 0 aliphatic carbocycles. The number of amides is 2. The van der Waals surface area contributed by atoms with E-state index in [1.807, 2.05) is 0 Å². The van der Waals surface area contributed by atoms with Crippen molar-refractivity contribution in [1.29, 1.82) is 0 Å². The molecular formula is C23H28ClN3O4S. The molecule has 9 heteroatoms. The van der Waals surface area contributed by atoms with Gasteiger partial charge in [0.25, 0.3) is 10.0 Å². The number of para-hydroxylation sites is 1. The number of rotatable bonds is 5. The fourth-order valence-corrected chi connectivity index (χ4v) is 5.90. The molecule has 3 N–H and O–H groups in total. The van der Waals surface area contributed by atoms with E-state index in [4.69, 9.17) is 17.3 Å². The first-order valence-corrected chi connectivity index (χ1v) is 12.0. The molecule has 172 valence electrons. The number of halogens is 1. The molecule has 1 heterocycles. The van der Waals surface area contributed by atoms with Crippen LogP contribution in [0.1, 0.15) is 51.3 Å². The molecule has 0 radical (unpaired) electrons. The van der Waals surface area contributed by atoms with Crippen LogP contribution in [0.3, 0.4) is 0 Å². The molecule has 0 fully saturated rings. The van der Waals surface area contributed by atoms with Crippen LogP contribution in [0.2, 0.25) is 5.02 Å². The number of carbonyl (C=O) groups is 2. The van der Waals surface area contributed by atoms with Gasteiger partial charge in [0.1, 0.15) is 0 Å². The first-order valence-electron chi connectivity index (χ1n) is 10.2. The van der Waals surface area contributed by atoms with Crippen LogP contribution >= 0.6 is 11.6 Å². The maximum Gasteiger partial charge on any atom is 0.264 e. The molecule has 3 rings (SSSR count). The van der Waals surface area contributed by atoms with Gasteiger partial charge in [0.05, 0.1) is 16.6 Å². The molecule has 1 aliphatic heterocycles. The van der Waals surface area contributed by atoms with E-state index in [1.165, 1.54) is 17.4 Å². The summed E-state index contributed by atoms with van der Waals surface area (Å²) in [7, 11) is -2.43. The molecule has 2 aromatic carbocycles. The zero-order chi connectivity index (χ0) is 24.1. The fourth-order valence-electron chi connectivity index (χ4n) is 4.19. The molecule has 2 amide bonds. The Kier molecular flexibility index (Phi) is 6.08. The van der Waals surface area contributed by atoms with Crippen LogP contribution in [0.5, 0.6) is 0 Å². The van der Waals surface area contributed by atoms with Gasteiger partial charge in [-0.15, -0.1) is 0 Å². The summed E-state index contributed by atoms with van der Waals surface area (Å²) in [5.41, 5.74) is 5.19. The van der Waals surface area contributed by atoms with Crippen LogP contribution < -0.4 is 15.4 Å². The summed E-state index contributed by atoms with van der Waals surface area (Å²) < 4.78 is 27.9. The first kappa shape index (κ1) is 24.1. The van der Waals surface area contributed by atoms with E-state index in [0.29, 0.717) is 16.8 Å². The van der Waals surface area contributed by atoms with Crippen molar-refractivity contribution in [3.05, 3.63) is 58.6 Å². The summed E-state index contributed by atoms with van der Waals surface area (Å²) >= 11 is 6.13. The van der Waals surface area contributed by atoms with Gasteiger partial charge in [-0.3, -0.25) is 13.9 Å². The van der Waals surface area contributed by atoms with E-state index in [1.54, 1.807) is 64.1 Å². The number of anilines is 1. The minimum absolute atomic E-state index is 0.0317. The maximum atomic E-state index is 13.4. The molecule has 0 spiro atoms. The highest BCUT2D eigenvalue weighted by Gasteiger charge is 2.41. The van der Waals surface area contributed by atoms with E-state index in [-0.39, 0.29) is 22.2 Å². The van der Waals surface area contributed by atoms with Crippen molar-refractivity contribution in [2.24, 2.45) is 16.6 Å². The predicted molar refractivity (Wildman–Crippen MR) is 125 cm³/mol. The SMILES string of the molecule is CN1c2ccccc2C(NC(=O)C(C)(C)CC(C)(C)C(N)=O)c2ccc(Cl)cc2S1(=O)=O. The first-order chi connectivity index (χ1) is 14.7. The van der Waals surface area contributed by atoms with Gasteiger partial charge in [0.15, 0.2) is 0 Å². The lowest BCUT2D eigenvalue weighted by molar-refractivity contribution is -0.134. The molecule has 32 heavy (non-hydrogen) atoms. The average Bonchev–Trinajstić information content (AvgIpc) is 2.76. The number of nitrogens with two attached hydrogens (primary N) is 1. The van der Waals surface area contributed by atoms with Crippen LogP contribution in [-0.4, -0.2) is 27.3 Å². The Morgan fingerprint density at radius 2 is 1.69 bits per heavy atom. The number of nitrogens with one attached hydrogen (secondary N) is 1. The van der Waals surface area contributed by atoms with Gasteiger partial charge >= 0.3 is 0 Å². The molecule has 1 aliphatic rings. The van der Waals surface area contributed by atoms with Crippen molar-refractivity contribution < 1.29 is 18.0 Å². The van der Waals surface area contributed by atoms with Gasteiger partial charge in [-0.1, -0.05) is 63.6 Å². The highest BCUT2D eigenvalue weighted by Crippen LogP contribution is 2.42. The number of benzene rings is 2. The zero-order valence-corrected chi connectivity index (χ0v) is 20.3. The van der Waals surface area contributed by atoms with Gasteiger partial charge in [0.2, 0.25) is 11.8 Å². The van der Waals surface area contributed by atoms with Crippen molar-refractivity contribution in [2.45, 2.75) is 45.1 Å². The Balaban J connectivity index is 2.13. The number of hydrogen-bond donors (Lipinski definition) is 2. The molecule has 1 unspecified atom stereocenters. The van der Waals surface area contributed by atoms with Gasteiger partial charge in [-0.2, -0.15) is 0 Å². The van der Waals surface area contributed by atoms with Crippen molar-refractivity contribution in [3.8, 4) is 0 Å². The second-order valence-corrected chi connectivity index (χ2v) is 11.8. The van der Waals surface area contributed by atoms with Crippen molar-refractivity contribution in [1.82, 2.24) is 5.32 Å². The third kappa shape index (κ3) is 4.21. The van der Waals surface area contributed by atoms with Crippen molar-refractivity contribution >= 4 is 39.1 Å². The average molecular weight is 478 g/mol. The van der Waals surface area contributed by atoms with Crippen LogP contribution in [0.25, 0.3) is 0 Å². The summed E-state index contributed by atoms with van der Waals surface area (Å²) in [6.45, 7) is 6.87. The molecular weight excluding hydrogens is 450 g/mol. The lowest BCUT2D eigenvalue weighted by atomic mass is 9.74. The number of nitrogens with zero attached hydrogens (tertiary/aromatic N) is 1. The molecule has 0 aromatic heterocycles. The number of hydrogen-bond acceptors (Lipinski definition) is 4. The molecule has 2 aromatic rings. The Labute approximate surface area is 194 Å². The van der Waals surface area contributed by atoms with E-state index >= 15 is 0 Å². The van der Waals surface area contributed by atoms with Gasteiger partial charge in [0, 0.05) is 28.5 Å². The normalized spacial score (nSPS) is 17.7. The van der Waals surface area contributed by atoms with Crippen molar-refractivity contribution in [2.75, 3.05) is 11.4 Å². The molecule has 1 atom stereocenters. The van der Waals surface area contributed by atoms with Crippen LogP contribution in [0.15, 0.2) is 47.4 Å². The minimum atomic E-state index is -3.90. The maximum absolute atomic E-state index is 13.4. The monoisotopic (exact) mass is 477 g/mol. The van der Waals surface area contributed by atoms with E-state index in [9.17, 15) is 18.0 Å². The Morgan fingerprint density at radius 3 is 2.31 bits per heavy atom. The molecule has 7 nitrogen and oxygen atoms in total. The third-order valence-electron chi connectivity index (χ3n) is 5.95. The lowest BCUT2D eigenvalue weighted by Gasteiger charge is -2.33. The minimum Gasteiger partial charge on any atom is -0.369 e. The number of sulfonamides is 1. The van der Waals surface area contributed by atoms with Crippen LogP contribution in [0.4, 0.5) is 5.69 Å². The Morgan fingerprint density at radius 1 is 1.06 bits per heavy atom. The third-order valence-corrected chi connectivity index (χ3v) is 8.02. The van der Waals surface area contributed by atoms with E-state index in [0.717, 1.165) is 0 Å². The molecule has 0 saturated heterocycles. The fraction of sp³-hybridized carbons (Fsp3) is 0.391. The Hall–Kier alpha value is -2.58. The van der Waals surface area contributed by atoms with Gasteiger partial charge in [-0.25, -0.2) is 8.42 Å². The summed E-state index contributed by atoms with van der Waals surface area (Å²) in [5.74, 6) is -0.819. The highest BCUT2D eigenvalue weighted by atomic mass is 35.5. The summed E-state index contributed by atoms with van der Waals surface area (Å²) in [6, 6.07) is 10.9.